The second-order valence-corrected chi connectivity index (χ2v) is 6.58. The second-order valence-electron chi connectivity index (χ2n) is 6.58. The quantitative estimate of drug-likeness (QED) is 0.401. The van der Waals surface area contributed by atoms with Gasteiger partial charge in [0.2, 0.25) is 5.91 Å². The molecule has 6 nitrogen and oxygen atoms in total. The SMILES string of the molecule is CCCCCCCOC(=O)c1cccc2c1OB(O)[C@@H](NC(=O)CC)C2. The third-order valence-corrected chi connectivity index (χ3v) is 4.49. The fourth-order valence-corrected chi connectivity index (χ4v) is 2.97. The van der Waals surface area contributed by atoms with Crippen molar-refractivity contribution in [3.8, 4) is 5.75 Å². The normalized spacial score (nSPS) is 15.8. The predicted molar refractivity (Wildman–Crippen MR) is 100 cm³/mol. The van der Waals surface area contributed by atoms with Crippen molar-refractivity contribution in [1.82, 2.24) is 5.32 Å². The minimum absolute atomic E-state index is 0.153. The molecule has 0 aromatic heterocycles. The molecule has 2 N–H and O–H groups in total. The first-order chi connectivity index (χ1) is 12.6. The molecule has 0 bridgehead atoms. The Hall–Kier alpha value is -2.02. The molecule has 1 aliphatic heterocycles. The number of amides is 1. The first-order valence-corrected chi connectivity index (χ1v) is 9.49. The Bertz CT molecular complexity index is 622. The summed E-state index contributed by atoms with van der Waals surface area (Å²) in [5, 5.41) is 12.9. The molecule has 0 fully saturated rings. The van der Waals surface area contributed by atoms with Crippen molar-refractivity contribution in [2.45, 2.75) is 64.7 Å². The molecule has 0 spiro atoms. The van der Waals surface area contributed by atoms with Crippen LogP contribution in [0.4, 0.5) is 0 Å². The third kappa shape index (κ3) is 5.49. The number of carbonyl (C=O) groups excluding carboxylic acids is 2. The minimum Gasteiger partial charge on any atom is -0.534 e. The maximum absolute atomic E-state index is 12.4. The summed E-state index contributed by atoms with van der Waals surface area (Å²) in [5.41, 5.74) is 1.09. The molecule has 1 aliphatic rings. The molecule has 142 valence electrons. The molecular formula is C19H28BNO5. The number of fused-ring (bicyclic) bond motifs is 1. The van der Waals surface area contributed by atoms with Gasteiger partial charge >= 0.3 is 13.1 Å². The highest BCUT2D eigenvalue weighted by atomic mass is 16.5. The van der Waals surface area contributed by atoms with E-state index in [1.807, 2.05) is 6.07 Å². The Kier molecular flexibility index (Phi) is 7.97. The number of hydrogen-bond donors (Lipinski definition) is 2. The number of benzene rings is 1. The maximum atomic E-state index is 12.4. The summed E-state index contributed by atoms with van der Waals surface area (Å²) in [4.78, 5) is 23.9. The van der Waals surface area contributed by atoms with Gasteiger partial charge in [0.15, 0.2) is 0 Å². The third-order valence-electron chi connectivity index (χ3n) is 4.49. The summed E-state index contributed by atoms with van der Waals surface area (Å²) >= 11 is 0. The van der Waals surface area contributed by atoms with E-state index < -0.39 is 19.0 Å². The van der Waals surface area contributed by atoms with E-state index >= 15 is 0 Å². The van der Waals surface area contributed by atoms with Crippen molar-refractivity contribution in [2.24, 2.45) is 0 Å². The van der Waals surface area contributed by atoms with E-state index in [9.17, 15) is 14.6 Å². The fourth-order valence-electron chi connectivity index (χ4n) is 2.97. The molecule has 26 heavy (non-hydrogen) atoms. The van der Waals surface area contributed by atoms with E-state index in [1.165, 1.54) is 12.8 Å². The number of rotatable bonds is 9. The van der Waals surface area contributed by atoms with Crippen molar-refractivity contribution in [3.05, 3.63) is 29.3 Å². The number of ether oxygens (including phenoxy) is 1. The standard InChI is InChI=1S/C19H28BNO5/c1-3-5-6-7-8-12-25-19(23)15-11-9-10-14-13-16(21-17(22)4-2)20(24)26-18(14)15/h9-11,16,24H,3-8,12-13H2,1-2H3,(H,21,22)/t16-/m0/s1. The summed E-state index contributed by atoms with van der Waals surface area (Å²) < 4.78 is 10.9. The van der Waals surface area contributed by atoms with Crippen molar-refractivity contribution >= 4 is 19.0 Å². The Labute approximate surface area is 155 Å². The molecule has 1 atom stereocenters. The lowest BCUT2D eigenvalue weighted by molar-refractivity contribution is -0.121. The lowest BCUT2D eigenvalue weighted by Crippen LogP contribution is -2.53. The lowest BCUT2D eigenvalue weighted by atomic mass is 9.72. The molecular weight excluding hydrogens is 333 g/mol. The van der Waals surface area contributed by atoms with Gasteiger partial charge in [-0.2, -0.15) is 0 Å². The molecule has 0 saturated heterocycles. The number of para-hydroxylation sites is 1. The topological polar surface area (TPSA) is 84.9 Å². The van der Waals surface area contributed by atoms with Crippen molar-refractivity contribution < 1.29 is 24.0 Å². The molecule has 2 rings (SSSR count). The number of hydrogen-bond acceptors (Lipinski definition) is 5. The molecule has 0 unspecified atom stereocenters. The largest absolute Gasteiger partial charge is 0.547 e. The van der Waals surface area contributed by atoms with Crippen LogP contribution in [0.15, 0.2) is 18.2 Å². The van der Waals surface area contributed by atoms with Gasteiger partial charge in [-0.15, -0.1) is 0 Å². The highest BCUT2D eigenvalue weighted by Crippen LogP contribution is 2.30. The van der Waals surface area contributed by atoms with E-state index in [0.29, 0.717) is 30.8 Å². The number of unbranched alkanes of at least 4 members (excludes halogenated alkanes) is 4. The molecule has 1 aromatic carbocycles. The summed E-state index contributed by atoms with van der Waals surface area (Å²) in [7, 11) is -1.19. The van der Waals surface area contributed by atoms with Gasteiger partial charge in [-0.05, 0) is 24.5 Å². The van der Waals surface area contributed by atoms with Crippen LogP contribution in [0, 0.1) is 0 Å². The van der Waals surface area contributed by atoms with Crippen LogP contribution < -0.4 is 9.97 Å². The average Bonchev–Trinajstić information content (AvgIpc) is 2.64. The molecule has 0 radical (unpaired) electrons. The van der Waals surface area contributed by atoms with Crippen LogP contribution in [0.2, 0.25) is 0 Å². The van der Waals surface area contributed by atoms with Crippen LogP contribution in [-0.4, -0.2) is 36.6 Å². The van der Waals surface area contributed by atoms with Crippen LogP contribution in [0.3, 0.4) is 0 Å². The zero-order valence-corrected chi connectivity index (χ0v) is 15.6. The van der Waals surface area contributed by atoms with E-state index in [2.05, 4.69) is 12.2 Å². The number of nitrogens with one attached hydrogen (secondary N) is 1. The Morgan fingerprint density at radius 1 is 1.27 bits per heavy atom. The van der Waals surface area contributed by atoms with Gasteiger partial charge in [-0.25, -0.2) is 4.79 Å². The van der Waals surface area contributed by atoms with E-state index in [0.717, 1.165) is 24.8 Å². The first kappa shape index (κ1) is 20.3. The highest BCUT2D eigenvalue weighted by Gasteiger charge is 2.37. The predicted octanol–water partition coefficient (Wildman–Crippen LogP) is 2.66. The van der Waals surface area contributed by atoms with E-state index in [1.54, 1.807) is 19.1 Å². The smallest absolute Gasteiger partial charge is 0.534 e. The summed E-state index contributed by atoms with van der Waals surface area (Å²) in [6.07, 6.45) is 6.14. The van der Waals surface area contributed by atoms with Crippen LogP contribution in [0.1, 0.15) is 68.3 Å². The van der Waals surface area contributed by atoms with Crippen molar-refractivity contribution in [1.29, 1.82) is 0 Å². The Morgan fingerprint density at radius 3 is 2.77 bits per heavy atom. The van der Waals surface area contributed by atoms with Gasteiger partial charge in [0.05, 0.1) is 12.5 Å². The Balaban J connectivity index is 1.97. The lowest BCUT2D eigenvalue weighted by Gasteiger charge is -2.29. The maximum Gasteiger partial charge on any atom is 0.547 e. The molecule has 0 aliphatic carbocycles. The Morgan fingerprint density at radius 2 is 2.04 bits per heavy atom. The molecule has 7 heteroatoms. The van der Waals surface area contributed by atoms with Gasteiger partial charge in [-0.3, -0.25) is 4.79 Å². The van der Waals surface area contributed by atoms with Gasteiger partial charge < -0.3 is 19.7 Å². The fraction of sp³-hybridized carbons (Fsp3) is 0.579. The molecule has 1 amide bonds. The molecule has 1 aromatic rings. The van der Waals surface area contributed by atoms with Crippen LogP contribution in [0.25, 0.3) is 0 Å². The average molecular weight is 361 g/mol. The minimum atomic E-state index is -1.19. The first-order valence-electron chi connectivity index (χ1n) is 9.49. The number of carbonyl (C=O) groups is 2. The van der Waals surface area contributed by atoms with Gasteiger partial charge in [0.1, 0.15) is 11.3 Å². The van der Waals surface area contributed by atoms with Crippen molar-refractivity contribution in [3.63, 3.8) is 0 Å². The van der Waals surface area contributed by atoms with Gasteiger partial charge in [-0.1, -0.05) is 51.7 Å². The number of esters is 1. The van der Waals surface area contributed by atoms with E-state index in [4.69, 9.17) is 9.39 Å². The van der Waals surface area contributed by atoms with Crippen LogP contribution >= 0.6 is 0 Å². The van der Waals surface area contributed by atoms with Gasteiger partial charge in [0.25, 0.3) is 0 Å². The molecule has 0 saturated carbocycles. The zero-order valence-electron chi connectivity index (χ0n) is 15.6. The summed E-state index contributed by atoms with van der Waals surface area (Å²) in [5.74, 6) is -0.780. The zero-order chi connectivity index (χ0) is 18.9. The molecule has 1 heterocycles. The second kappa shape index (κ2) is 10.2. The van der Waals surface area contributed by atoms with Crippen LogP contribution in [-0.2, 0) is 16.0 Å². The monoisotopic (exact) mass is 361 g/mol. The van der Waals surface area contributed by atoms with Gasteiger partial charge in [0, 0.05) is 6.42 Å². The van der Waals surface area contributed by atoms with Crippen molar-refractivity contribution in [2.75, 3.05) is 6.61 Å². The van der Waals surface area contributed by atoms with Crippen LogP contribution in [0.5, 0.6) is 5.75 Å². The highest BCUT2D eigenvalue weighted by molar-refractivity contribution is 6.47. The summed E-state index contributed by atoms with van der Waals surface area (Å²) in [6, 6.07) is 5.22. The van der Waals surface area contributed by atoms with E-state index in [-0.39, 0.29) is 5.91 Å². The summed E-state index contributed by atoms with van der Waals surface area (Å²) in [6.45, 7) is 4.28.